The monoisotopic (exact) mass is 421 g/mol. The Kier molecular flexibility index (Phi) is 7.73. The Balaban J connectivity index is 1.53. The van der Waals surface area contributed by atoms with Crippen LogP contribution in [-0.4, -0.2) is 34.6 Å². The largest absolute Gasteiger partial charge is 0.464 e. The lowest BCUT2D eigenvalue weighted by Gasteiger charge is -2.09. The summed E-state index contributed by atoms with van der Waals surface area (Å²) in [5, 5.41) is 9.79. The van der Waals surface area contributed by atoms with E-state index in [4.69, 9.17) is 9.15 Å². The van der Waals surface area contributed by atoms with Crippen LogP contribution in [-0.2, 0) is 22.4 Å². The first kappa shape index (κ1) is 22.4. The van der Waals surface area contributed by atoms with Crippen LogP contribution >= 0.6 is 0 Å². The summed E-state index contributed by atoms with van der Waals surface area (Å²) >= 11 is 0. The van der Waals surface area contributed by atoms with Gasteiger partial charge >= 0.3 is 5.97 Å². The van der Waals surface area contributed by atoms with Crippen LogP contribution in [0.5, 0.6) is 0 Å². The van der Waals surface area contributed by atoms with Gasteiger partial charge in [-0.15, -0.1) is 0 Å². The normalized spacial score (nSPS) is 11.8. The minimum Gasteiger partial charge on any atom is -0.464 e. The van der Waals surface area contributed by atoms with Gasteiger partial charge < -0.3 is 14.3 Å². The Morgan fingerprint density at radius 1 is 1.06 bits per heavy atom. The fourth-order valence-corrected chi connectivity index (χ4v) is 3.26. The van der Waals surface area contributed by atoms with Crippen LogP contribution in [0.2, 0.25) is 0 Å². The summed E-state index contributed by atoms with van der Waals surface area (Å²) in [5.74, 6) is 0.715. The zero-order valence-electron chi connectivity index (χ0n) is 17.8. The van der Waals surface area contributed by atoms with E-state index < -0.39 is 12.1 Å². The van der Waals surface area contributed by atoms with Gasteiger partial charge in [0.25, 0.3) is 0 Å². The van der Waals surface area contributed by atoms with Crippen molar-refractivity contribution in [2.45, 2.75) is 45.6 Å². The Morgan fingerprint density at radius 2 is 1.77 bits per heavy atom. The van der Waals surface area contributed by atoms with Gasteiger partial charge in [0, 0.05) is 24.0 Å². The van der Waals surface area contributed by atoms with Gasteiger partial charge in [0.05, 0.1) is 12.3 Å². The van der Waals surface area contributed by atoms with E-state index in [1.54, 1.807) is 19.1 Å². The number of aliphatic hydroxyl groups excluding tert-OH is 1. The van der Waals surface area contributed by atoms with E-state index in [0.717, 1.165) is 22.6 Å². The van der Waals surface area contributed by atoms with Crippen molar-refractivity contribution in [2.75, 3.05) is 6.61 Å². The second-order valence-electron chi connectivity index (χ2n) is 7.31. The number of aromatic nitrogens is 1. The van der Waals surface area contributed by atoms with Gasteiger partial charge in [0.15, 0.2) is 11.9 Å². The van der Waals surface area contributed by atoms with Crippen LogP contribution in [0.4, 0.5) is 0 Å². The molecule has 2 aromatic carbocycles. The van der Waals surface area contributed by atoms with E-state index in [1.807, 2.05) is 49.4 Å². The summed E-state index contributed by atoms with van der Waals surface area (Å²) in [4.78, 5) is 28.6. The number of oxazole rings is 1. The highest BCUT2D eigenvalue weighted by Crippen LogP contribution is 2.22. The van der Waals surface area contributed by atoms with Gasteiger partial charge in [0.1, 0.15) is 5.76 Å². The highest BCUT2D eigenvalue weighted by atomic mass is 16.5. The second kappa shape index (κ2) is 10.7. The summed E-state index contributed by atoms with van der Waals surface area (Å²) < 4.78 is 10.6. The molecule has 1 heterocycles. The molecule has 0 fully saturated rings. The number of aliphatic hydroxyl groups is 1. The molecule has 0 spiro atoms. The van der Waals surface area contributed by atoms with E-state index in [2.05, 4.69) is 4.98 Å². The molecule has 6 nitrogen and oxygen atoms in total. The summed E-state index contributed by atoms with van der Waals surface area (Å²) in [7, 11) is 0. The Morgan fingerprint density at radius 3 is 2.45 bits per heavy atom. The SMILES string of the molecule is CCOC(=O)C(O)CCc1ccc(C(=O)CCc2nc(-c3ccccc3)oc2C)cc1. The molecule has 3 aromatic rings. The minimum atomic E-state index is -1.13. The second-order valence-corrected chi connectivity index (χ2v) is 7.31. The predicted octanol–water partition coefficient (Wildman–Crippen LogP) is 4.32. The zero-order valence-corrected chi connectivity index (χ0v) is 17.8. The predicted molar refractivity (Wildman–Crippen MR) is 117 cm³/mol. The van der Waals surface area contributed by atoms with Gasteiger partial charge in [-0.1, -0.05) is 42.5 Å². The topological polar surface area (TPSA) is 89.6 Å². The molecule has 1 N–H and O–H groups in total. The summed E-state index contributed by atoms with van der Waals surface area (Å²) in [6, 6.07) is 16.9. The van der Waals surface area contributed by atoms with Crippen molar-refractivity contribution < 1.29 is 23.8 Å². The smallest absolute Gasteiger partial charge is 0.334 e. The number of benzene rings is 2. The first-order valence-corrected chi connectivity index (χ1v) is 10.5. The maximum atomic E-state index is 12.6. The van der Waals surface area contributed by atoms with Crippen molar-refractivity contribution in [3.05, 3.63) is 77.2 Å². The Hall–Kier alpha value is -3.25. The summed E-state index contributed by atoms with van der Waals surface area (Å²) in [6.45, 7) is 3.80. The molecule has 0 aliphatic heterocycles. The highest BCUT2D eigenvalue weighted by molar-refractivity contribution is 5.96. The number of carbonyl (C=O) groups is 2. The Bertz CT molecular complexity index is 1010. The average Bonchev–Trinajstić information content (AvgIpc) is 3.17. The van der Waals surface area contributed by atoms with Crippen LogP contribution in [0.3, 0.4) is 0 Å². The molecule has 0 saturated carbocycles. The maximum absolute atomic E-state index is 12.6. The standard InChI is InChI=1S/C25H27NO5/c1-3-30-25(29)23(28)15-11-18-9-12-19(13-10-18)22(27)16-14-21-17(2)31-24(26-21)20-7-5-4-6-8-20/h4-10,12-13,23,28H,3,11,14-16H2,1-2H3. The summed E-state index contributed by atoms with van der Waals surface area (Å²) in [6.07, 6.45) is 0.514. The molecular weight excluding hydrogens is 394 g/mol. The van der Waals surface area contributed by atoms with Crippen LogP contribution in [0.1, 0.15) is 47.1 Å². The van der Waals surface area contributed by atoms with Crippen LogP contribution in [0.25, 0.3) is 11.5 Å². The molecule has 0 bridgehead atoms. The fourth-order valence-electron chi connectivity index (χ4n) is 3.26. The maximum Gasteiger partial charge on any atom is 0.334 e. The van der Waals surface area contributed by atoms with Crippen LogP contribution < -0.4 is 0 Å². The molecule has 1 aromatic heterocycles. The number of ether oxygens (including phenoxy) is 1. The molecule has 31 heavy (non-hydrogen) atoms. The average molecular weight is 421 g/mol. The van der Waals surface area contributed by atoms with Gasteiger partial charge in [-0.05, 0) is 44.4 Å². The number of rotatable bonds is 10. The number of aryl methyl sites for hydroxylation is 3. The third-order valence-electron chi connectivity index (χ3n) is 5.04. The van der Waals surface area contributed by atoms with Crippen LogP contribution in [0.15, 0.2) is 59.0 Å². The lowest BCUT2D eigenvalue weighted by molar-refractivity contribution is -0.153. The van der Waals surface area contributed by atoms with E-state index >= 15 is 0 Å². The van der Waals surface area contributed by atoms with Crippen molar-refractivity contribution in [1.82, 2.24) is 4.98 Å². The number of carbonyl (C=O) groups excluding carboxylic acids is 2. The lowest BCUT2D eigenvalue weighted by atomic mass is 10.0. The fraction of sp³-hybridized carbons (Fsp3) is 0.320. The molecule has 0 aliphatic rings. The van der Waals surface area contributed by atoms with Crippen molar-refractivity contribution >= 4 is 11.8 Å². The molecule has 3 rings (SSSR count). The Labute approximate surface area is 181 Å². The molecule has 0 amide bonds. The number of Topliss-reactive ketones (excluding diaryl/α,β-unsaturated/α-hetero) is 1. The van der Waals surface area contributed by atoms with E-state index in [0.29, 0.717) is 30.7 Å². The molecule has 1 unspecified atom stereocenters. The van der Waals surface area contributed by atoms with Gasteiger partial charge in [-0.2, -0.15) is 0 Å². The van der Waals surface area contributed by atoms with Gasteiger partial charge in [-0.3, -0.25) is 4.79 Å². The highest BCUT2D eigenvalue weighted by Gasteiger charge is 2.16. The third-order valence-corrected chi connectivity index (χ3v) is 5.04. The van der Waals surface area contributed by atoms with E-state index in [-0.39, 0.29) is 18.8 Å². The number of esters is 1. The molecular formula is C25H27NO5. The first-order chi connectivity index (χ1) is 15.0. The molecule has 0 saturated heterocycles. The quantitative estimate of drug-likeness (QED) is 0.387. The number of hydrogen-bond donors (Lipinski definition) is 1. The third kappa shape index (κ3) is 6.12. The lowest BCUT2D eigenvalue weighted by Crippen LogP contribution is -2.23. The molecule has 0 aliphatic carbocycles. The summed E-state index contributed by atoms with van der Waals surface area (Å²) in [5.41, 5.74) is 3.27. The van der Waals surface area contributed by atoms with Gasteiger partial charge in [0.2, 0.25) is 5.89 Å². The first-order valence-electron chi connectivity index (χ1n) is 10.5. The molecule has 162 valence electrons. The van der Waals surface area contributed by atoms with Crippen molar-refractivity contribution in [3.63, 3.8) is 0 Å². The number of hydrogen-bond acceptors (Lipinski definition) is 6. The van der Waals surface area contributed by atoms with Crippen molar-refractivity contribution in [2.24, 2.45) is 0 Å². The van der Waals surface area contributed by atoms with E-state index in [1.165, 1.54) is 0 Å². The molecule has 0 radical (unpaired) electrons. The zero-order chi connectivity index (χ0) is 22.2. The van der Waals surface area contributed by atoms with Crippen LogP contribution in [0, 0.1) is 6.92 Å². The van der Waals surface area contributed by atoms with Gasteiger partial charge in [-0.25, -0.2) is 9.78 Å². The van der Waals surface area contributed by atoms with Crippen molar-refractivity contribution in [1.29, 1.82) is 0 Å². The number of nitrogens with zero attached hydrogens (tertiary/aromatic N) is 1. The number of ketones is 1. The van der Waals surface area contributed by atoms with E-state index in [9.17, 15) is 14.7 Å². The van der Waals surface area contributed by atoms with Crippen molar-refractivity contribution in [3.8, 4) is 11.5 Å². The molecule has 1 atom stereocenters. The minimum absolute atomic E-state index is 0.0294. The molecule has 6 heteroatoms.